The molecule has 0 aliphatic heterocycles. The maximum atomic E-state index is 13.1. The molecule has 2 aromatic rings. The van der Waals surface area contributed by atoms with E-state index in [-0.39, 0.29) is 5.82 Å². The van der Waals surface area contributed by atoms with Gasteiger partial charge in [-0.05, 0) is 31.5 Å². The van der Waals surface area contributed by atoms with E-state index in [1.807, 2.05) is 13.0 Å². The van der Waals surface area contributed by atoms with Crippen LogP contribution in [0.15, 0.2) is 33.8 Å². The standard InChI is InChI=1S/C15H20FN5O/c1-3-17-15(18-8-7-14-20-11(2)21-22-14)19-10-12-5-4-6-13(16)9-12/h4-6,9H,3,7-8,10H2,1-2H3,(H2,17,18,19). The Balaban J connectivity index is 1.86. The Hall–Kier alpha value is -2.44. The third-order valence-corrected chi connectivity index (χ3v) is 2.85. The molecule has 0 saturated carbocycles. The number of hydrogen-bond acceptors (Lipinski definition) is 4. The van der Waals surface area contributed by atoms with Crippen molar-refractivity contribution in [2.45, 2.75) is 26.8 Å². The normalized spacial score (nSPS) is 11.5. The van der Waals surface area contributed by atoms with Gasteiger partial charge in [-0.25, -0.2) is 9.38 Å². The highest BCUT2D eigenvalue weighted by Gasteiger charge is 2.03. The van der Waals surface area contributed by atoms with Crippen molar-refractivity contribution >= 4 is 5.96 Å². The Morgan fingerprint density at radius 3 is 2.91 bits per heavy atom. The monoisotopic (exact) mass is 305 g/mol. The minimum Gasteiger partial charge on any atom is -0.357 e. The lowest BCUT2D eigenvalue weighted by Crippen LogP contribution is -2.38. The second-order valence-electron chi connectivity index (χ2n) is 4.74. The predicted molar refractivity (Wildman–Crippen MR) is 82.0 cm³/mol. The predicted octanol–water partition coefficient (Wildman–Crippen LogP) is 1.81. The molecular formula is C15H20FN5O. The Labute approximate surface area is 128 Å². The first kappa shape index (κ1) is 15.9. The van der Waals surface area contributed by atoms with Crippen LogP contribution in [-0.2, 0) is 13.0 Å². The summed E-state index contributed by atoms with van der Waals surface area (Å²) in [7, 11) is 0. The van der Waals surface area contributed by atoms with E-state index in [2.05, 4.69) is 25.8 Å². The van der Waals surface area contributed by atoms with E-state index in [1.54, 1.807) is 13.0 Å². The van der Waals surface area contributed by atoms with Crippen LogP contribution in [0.2, 0.25) is 0 Å². The van der Waals surface area contributed by atoms with Crippen molar-refractivity contribution in [3.05, 3.63) is 47.4 Å². The van der Waals surface area contributed by atoms with Crippen molar-refractivity contribution in [2.75, 3.05) is 13.1 Å². The van der Waals surface area contributed by atoms with E-state index >= 15 is 0 Å². The topological polar surface area (TPSA) is 75.3 Å². The number of aliphatic imine (C=N–C) groups is 1. The first-order valence-electron chi connectivity index (χ1n) is 7.23. The molecule has 2 N–H and O–H groups in total. The molecule has 118 valence electrons. The van der Waals surface area contributed by atoms with E-state index in [9.17, 15) is 4.39 Å². The smallest absolute Gasteiger partial charge is 0.228 e. The average Bonchev–Trinajstić information content (AvgIpc) is 2.90. The van der Waals surface area contributed by atoms with E-state index in [4.69, 9.17) is 4.52 Å². The second kappa shape index (κ2) is 8.11. The number of benzene rings is 1. The van der Waals surface area contributed by atoms with Gasteiger partial charge in [0.1, 0.15) is 5.82 Å². The minimum absolute atomic E-state index is 0.252. The molecule has 0 unspecified atom stereocenters. The summed E-state index contributed by atoms with van der Waals surface area (Å²) in [5.74, 6) is 1.63. The molecule has 1 heterocycles. The molecule has 0 aliphatic rings. The molecule has 0 fully saturated rings. The summed E-state index contributed by atoms with van der Waals surface area (Å²) in [4.78, 5) is 8.56. The molecule has 1 aromatic carbocycles. The van der Waals surface area contributed by atoms with Crippen molar-refractivity contribution in [2.24, 2.45) is 4.99 Å². The number of nitrogens with one attached hydrogen (secondary N) is 2. The van der Waals surface area contributed by atoms with Gasteiger partial charge in [-0.15, -0.1) is 0 Å². The van der Waals surface area contributed by atoms with Gasteiger partial charge in [-0.3, -0.25) is 0 Å². The van der Waals surface area contributed by atoms with E-state index in [0.29, 0.717) is 37.2 Å². The van der Waals surface area contributed by atoms with Gasteiger partial charge in [0.25, 0.3) is 0 Å². The van der Waals surface area contributed by atoms with E-state index in [1.165, 1.54) is 12.1 Å². The maximum Gasteiger partial charge on any atom is 0.228 e. The number of rotatable bonds is 6. The van der Waals surface area contributed by atoms with Gasteiger partial charge in [0, 0.05) is 19.5 Å². The van der Waals surface area contributed by atoms with E-state index in [0.717, 1.165) is 12.1 Å². The zero-order valence-electron chi connectivity index (χ0n) is 12.8. The molecule has 1 aromatic heterocycles. The maximum absolute atomic E-state index is 13.1. The summed E-state index contributed by atoms with van der Waals surface area (Å²) >= 11 is 0. The Bertz CT molecular complexity index is 626. The molecule has 6 nitrogen and oxygen atoms in total. The lowest BCUT2D eigenvalue weighted by Gasteiger charge is -2.10. The number of aryl methyl sites for hydroxylation is 1. The Kier molecular flexibility index (Phi) is 5.88. The molecule has 0 spiro atoms. The van der Waals surface area contributed by atoms with Crippen LogP contribution in [0.25, 0.3) is 0 Å². The number of halogens is 1. The SMILES string of the molecule is CCNC(=NCc1cccc(F)c1)NCCc1nc(C)no1. The lowest BCUT2D eigenvalue weighted by atomic mass is 10.2. The highest BCUT2D eigenvalue weighted by atomic mass is 19.1. The first-order chi connectivity index (χ1) is 10.7. The highest BCUT2D eigenvalue weighted by molar-refractivity contribution is 5.79. The molecule has 0 amide bonds. The van der Waals surface area contributed by atoms with Crippen LogP contribution < -0.4 is 10.6 Å². The number of hydrogen-bond donors (Lipinski definition) is 2. The molecular weight excluding hydrogens is 285 g/mol. The molecule has 7 heteroatoms. The summed E-state index contributed by atoms with van der Waals surface area (Å²) in [5, 5.41) is 10.1. The summed E-state index contributed by atoms with van der Waals surface area (Å²) in [6.45, 7) is 5.55. The van der Waals surface area contributed by atoms with Crippen molar-refractivity contribution in [1.29, 1.82) is 0 Å². The van der Waals surface area contributed by atoms with Gasteiger partial charge in [0.05, 0.1) is 6.54 Å². The summed E-state index contributed by atoms with van der Waals surface area (Å²) in [6.07, 6.45) is 0.616. The van der Waals surface area contributed by atoms with Crippen molar-refractivity contribution in [1.82, 2.24) is 20.8 Å². The van der Waals surface area contributed by atoms with Crippen LogP contribution in [0.1, 0.15) is 24.2 Å². The summed E-state index contributed by atoms with van der Waals surface area (Å²) < 4.78 is 18.2. The fourth-order valence-electron chi connectivity index (χ4n) is 1.88. The van der Waals surface area contributed by atoms with E-state index < -0.39 is 0 Å². The minimum atomic E-state index is -0.252. The third-order valence-electron chi connectivity index (χ3n) is 2.85. The summed E-state index contributed by atoms with van der Waals surface area (Å²) in [6, 6.07) is 6.42. The van der Waals surface area contributed by atoms with Crippen LogP contribution >= 0.6 is 0 Å². The van der Waals surface area contributed by atoms with Gasteiger partial charge in [-0.1, -0.05) is 17.3 Å². The van der Waals surface area contributed by atoms with Crippen molar-refractivity contribution in [3.8, 4) is 0 Å². The van der Waals surface area contributed by atoms with Crippen LogP contribution in [-0.4, -0.2) is 29.2 Å². The first-order valence-corrected chi connectivity index (χ1v) is 7.23. The van der Waals surface area contributed by atoms with Gasteiger partial charge in [0.2, 0.25) is 5.89 Å². The number of aromatic nitrogens is 2. The fraction of sp³-hybridized carbons (Fsp3) is 0.400. The van der Waals surface area contributed by atoms with Crippen LogP contribution in [0.5, 0.6) is 0 Å². The Morgan fingerprint density at radius 1 is 1.36 bits per heavy atom. The molecule has 22 heavy (non-hydrogen) atoms. The third kappa shape index (κ3) is 5.16. The van der Waals surface area contributed by atoms with Crippen molar-refractivity contribution < 1.29 is 8.91 Å². The lowest BCUT2D eigenvalue weighted by molar-refractivity contribution is 0.374. The zero-order valence-corrected chi connectivity index (χ0v) is 12.8. The number of guanidine groups is 1. The molecule has 0 bridgehead atoms. The Morgan fingerprint density at radius 2 is 2.23 bits per heavy atom. The molecule has 0 atom stereocenters. The highest BCUT2D eigenvalue weighted by Crippen LogP contribution is 2.04. The zero-order chi connectivity index (χ0) is 15.8. The largest absolute Gasteiger partial charge is 0.357 e. The second-order valence-corrected chi connectivity index (χ2v) is 4.74. The molecule has 0 radical (unpaired) electrons. The average molecular weight is 305 g/mol. The van der Waals surface area contributed by atoms with Crippen molar-refractivity contribution in [3.63, 3.8) is 0 Å². The summed E-state index contributed by atoms with van der Waals surface area (Å²) in [5.41, 5.74) is 0.824. The van der Waals surface area contributed by atoms with Gasteiger partial charge >= 0.3 is 0 Å². The van der Waals surface area contributed by atoms with Gasteiger partial charge in [-0.2, -0.15) is 4.98 Å². The van der Waals surface area contributed by atoms with Gasteiger partial charge < -0.3 is 15.2 Å². The fourth-order valence-corrected chi connectivity index (χ4v) is 1.88. The number of nitrogens with zero attached hydrogens (tertiary/aromatic N) is 3. The molecule has 0 aliphatic carbocycles. The molecule has 2 rings (SSSR count). The van der Waals surface area contributed by atoms with Crippen LogP contribution in [0, 0.1) is 12.7 Å². The van der Waals surface area contributed by atoms with Crippen LogP contribution in [0.3, 0.4) is 0 Å². The molecule has 0 saturated heterocycles. The van der Waals surface area contributed by atoms with Crippen LogP contribution in [0.4, 0.5) is 4.39 Å². The quantitative estimate of drug-likeness (QED) is 0.629. The van der Waals surface area contributed by atoms with Gasteiger partial charge in [0.15, 0.2) is 11.8 Å².